The van der Waals surface area contributed by atoms with Crippen LogP contribution in [0.3, 0.4) is 0 Å². The van der Waals surface area contributed by atoms with Gasteiger partial charge in [0.2, 0.25) is 0 Å². The highest BCUT2D eigenvalue weighted by molar-refractivity contribution is 5.97. The molecule has 4 rings (SSSR count). The number of aromatic nitrogens is 2. The molecule has 2 heterocycles. The maximum atomic E-state index is 12.7. The number of carbonyl (C=O) groups is 1. The first kappa shape index (κ1) is 17.8. The summed E-state index contributed by atoms with van der Waals surface area (Å²) in [4.78, 5) is 17.5. The third-order valence-corrected chi connectivity index (χ3v) is 5.46. The van der Waals surface area contributed by atoms with Crippen molar-refractivity contribution in [2.45, 2.75) is 58.0 Å². The second-order valence-corrected chi connectivity index (χ2v) is 7.59. The molecular weight excluding hydrogens is 334 g/mol. The lowest BCUT2D eigenvalue weighted by molar-refractivity contribution is 0.0938. The Labute approximate surface area is 160 Å². The SMILES string of the molecule is C[C@H](CCc1ccccc1)NC(=O)c1ccc2c(c1)nc1n2CCCCC1. The molecule has 0 spiro atoms. The van der Waals surface area contributed by atoms with Crippen LogP contribution in [0.5, 0.6) is 0 Å². The summed E-state index contributed by atoms with van der Waals surface area (Å²) in [5.74, 6) is 1.15. The van der Waals surface area contributed by atoms with E-state index < -0.39 is 0 Å². The molecule has 140 valence electrons. The number of hydrogen-bond acceptors (Lipinski definition) is 2. The summed E-state index contributed by atoms with van der Waals surface area (Å²) >= 11 is 0. The number of nitrogens with one attached hydrogen (secondary N) is 1. The minimum absolute atomic E-state index is 0.0133. The Kier molecular flexibility index (Phi) is 5.23. The minimum atomic E-state index is -0.0133. The van der Waals surface area contributed by atoms with Gasteiger partial charge in [-0.3, -0.25) is 4.79 Å². The van der Waals surface area contributed by atoms with Gasteiger partial charge in [0.25, 0.3) is 5.91 Å². The first-order valence-corrected chi connectivity index (χ1v) is 10.0. The van der Waals surface area contributed by atoms with E-state index in [0.717, 1.165) is 42.7 Å². The number of imidazole rings is 1. The molecule has 0 saturated heterocycles. The first-order chi connectivity index (χ1) is 13.2. The Hall–Kier alpha value is -2.62. The van der Waals surface area contributed by atoms with E-state index in [9.17, 15) is 4.79 Å². The van der Waals surface area contributed by atoms with Crippen molar-refractivity contribution in [1.82, 2.24) is 14.9 Å². The van der Waals surface area contributed by atoms with Gasteiger partial charge in [0.1, 0.15) is 5.82 Å². The maximum absolute atomic E-state index is 12.7. The molecule has 0 saturated carbocycles. The summed E-state index contributed by atoms with van der Waals surface area (Å²) in [7, 11) is 0. The highest BCUT2D eigenvalue weighted by Crippen LogP contribution is 2.23. The molecule has 0 radical (unpaired) electrons. The molecular formula is C23H27N3O. The molecule has 4 heteroatoms. The zero-order valence-electron chi connectivity index (χ0n) is 15.9. The number of benzene rings is 2. The zero-order valence-corrected chi connectivity index (χ0v) is 15.9. The van der Waals surface area contributed by atoms with Crippen LogP contribution in [-0.4, -0.2) is 21.5 Å². The van der Waals surface area contributed by atoms with E-state index in [1.165, 1.54) is 24.8 Å². The van der Waals surface area contributed by atoms with E-state index >= 15 is 0 Å². The summed E-state index contributed by atoms with van der Waals surface area (Å²) < 4.78 is 2.33. The number of amides is 1. The van der Waals surface area contributed by atoms with Crippen molar-refractivity contribution in [1.29, 1.82) is 0 Å². The number of aryl methyl sites for hydroxylation is 3. The number of fused-ring (bicyclic) bond motifs is 3. The standard InChI is InChI=1S/C23H27N3O/c1-17(11-12-18-8-4-2-5-9-18)24-23(27)19-13-14-21-20(16-19)25-22-10-6-3-7-15-26(21)22/h2,4-5,8-9,13-14,16-17H,3,6-7,10-12,15H2,1H3,(H,24,27)/t17-/m1/s1. The van der Waals surface area contributed by atoms with Gasteiger partial charge in [0.05, 0.1) is 11.0 Å². The molecule has 0 unspecified atom stereocenters. The lowest BCUT2D eigenvalue weighted by Crippen LogP contribution is -2.32. The Bertz CT molecular complexity index is 929. The van der Waals surface area contributed by atoms with Gasteiger partial charge in [-0.25, -0.2) is 4.98 Å². The van der Waals surface area contributed by atoms with Crippen LogP contribution in [0.2, 0.25) is 0 Å². The molecule has 1 atom stereocenters. The summed E-state index contributed by atoms with van der Waals surface area (Å²) in [6.07, 6.45) is 6.61. The highest BCUT2D eigenvalue weighted by atomic mass is 16.1. The van der Waals surface area contributed by atoms with Crippen molar-refractivity contribution < 1.29 is 4.79 Å². The fourth-order valence-electron chi connectivity index (χ4n) is 3.90. The Morgan fingerprint density at radius 1 is 1.15 bits per heavy atom. The van der Waals surface area contributed by atoms with E-state index in [1.54, 1.807) is 0 Å². The van der Waals surface area contributed by atoms with Crippen molar-refractivity contribution in [2.24, 2.45) is 0 Å². The van der Waals surface area contributed by atoms with Gasteiger partial charge >= 0.3 is 0 Å². The lowest BCUT2D eigenvalue weighted by Gasteiger charge is -2.14. The molecule has 1 amide bonds. The predicted octanol–water partition coefficient (Wildman–Crippen LogP) is 4.51. The number of rotatable bonds is 5. The summed E-state index contributed by atoms with van der Waals surface area (Å²) in [5, 5.41) is 3.13. The van der Waals surface area contributed by atoms with Crippen LogP contribution in [-0.2, 0) is 19.4 Å². The average Bonchev–Trinajstić information content (AvgIpc) is 2.87. The normalized spacial score (nSPS) is 15.1. The van der Waals surface area contributed by atoms with Crippen LogP contribution in [0, 0.1) is 0 Å². The Balaban J connectivity index is 1.43. The summed E-state index contributed by atoms with van der Waals surface area (Å²) in [6, 6.07) is 16.5. The summed E-state index contributed by atoms with van der Waals surface area (Å²) in [6.45, 7) is 3.10. The van der Waals surface area contributed by atoms with Gasteiger partial charge in [-0.2, -0.15) is 0 Å². The third kappa shape index (κ3) is 4.05. The van der Waals surface area contributed by atoms with Gasteiger partial charge in [0, 0.05) is 24.6 Å². The fraction of sp³-hybridized carbons (Fsp3) is 0.391. The van der Waals surface area contributed by atoms with Crippen molar-refractivity contribution in [3.05, 3.63) is 65.5 Å². The number of carbonyl (C=O) groups excluding carboxylic acids is 1. The molecule has 0 bridgehead atoms. The smallest absolute Gasteiger partial charge is 0.251 e. The van der Waals surface area contributed by atoms with Crippen molar-refractivity contribution in [3.63, 3.8) is 0 Å². The van der Waals surface area contributed by atoms with Gasteiger partial charge < -0.3 is 9.88 Å². The average molecular weight is 361 g/mol. The van der Waals surface area contributed by atoms with Gasteiger partial charge in [-0.15, -0.1) is 0 Å². The van der Waals surface area contributed by atoms with E-state index in [0.29, 0.717) is 5.56 Å². The third-order valence-electron chi connectivity index (χ3n) is 5.46. The van der Waals surface area contributed by atoms with Crippen LogP contribution in [0.1, 0.15) is 54.4 Å². The van der Waals surface area contributed by atoms with Gasteiger partial charge in [0.15, 0.2) is 0 Å². The molecule has 1 N–H and O–H groups in total. The van der Waals surface area contributed by atoms with Gasteiger partial charge in [-0.05, 0) is 56.4 Å². The fourth-order valence-corrected chi connectivity index (χ4v) is 3.90. The molecule has 4 nitrogen and oxygen atoms in total. The van der Waals surface area contributed by atoms with E-state index in [4.69, 9.17) is 4.98 Å². The predicted molar refractivity (Wildman–Crippen MR) is 109 cm³/mol. The van der Waals surface area contributed by atoms with E-state index in [-0.39, 0.29) is 11.9 Å². The summed E-state index contributed by atoms with van der Waals surface area (Å²) in [5.41, 5.74) is 4.10. The van der Waals surface area contributed by atoms with E-state index in [2.05, 4.69) is 47.1 Å². The minimum Gasteiger partial charge on any atom is -0.350 e. The molecule has 1 aromatic heterocycles. The van der Waals surface area contributed by atoms with Crippen LogP contribution in [0.4, 0.5) is 0 Å². The van der Waals surface area contributed by atoms with Crippen LogP contribution >= 0.6 is 0 Å². The van der Waals surface area contributed by atoms with Crippen LogP contribution in [0.25, 0.3) is 11.0 Å². The molecule has 27 heavy (non-hydrogen) atoms. The van der Waals surface area contributed by atoms with E-state index in [1.807, 2.05) is 18.2 Å². The largest absolute Gasteiger partial charge is 0.350 e. The number of nitrogens with zero attached hydrogens (tertiary/aromatic N) is 2. The van der Waals surface area contributed by atoms with Crippen molar-refractivity contribution in [3.8, 4) is 0 Å². The molecule has 3 aromatic rings. The topological polar surface area (TPSA) is 46.9 Å². The maximum Gasteiger partial charge on any atom is 0.251 e. The van der Waals surface area contributed by atoms with Gasteiger partial charge in [-0.1, -0.05) is 36.8 Å². The quantitative estimate of drug-likeness (QED) is 0.726. The lowest BCUT2D eigenvalue weighted by atomic mass is 10.1. The second kappa shape index (κ2) is 7.95. The Morgan fingerprint density at radius 3 is 2.85 bits per heavy atom. The molecule has 2 aromatic carbocycles. The molecule has 0 fully saturated rings. The Morgan fingerprint density at radius 2 is 2.00 bits per heavy atom. The first-order valence-electron chi connectivity index (χ1n) is 10.0. The van der Waals surface area contributed by atoms with Crippen LogP contribution < -0.4 is 5.32 Å². The molecule has 0 aliphatic carbocycles. The van der Waals surface area contributed by atoms with Crippen molar-refractivity contribution >= 4 is 16.9 Å². The van der Waals surface area contributed by atoms with Crippen molar-refractivity contribution in [2.75, 3.05) is 0 Å². The number of hydrogen-bond donors (Lipinski definition) is 1. The molecule has 1 aliphatic heterocycles. The monoisotopic (exact) mass is 361 g/mol. The zero-order chi connectivity index (χ0) is 18.6. The highest BCUT2D eigenvalue weighted by Gasteiger charge is 2.16. The van der Waals surface area contributed by atoms with Crippen LogP contribution in [0.15, 0.2) is 48.5 Å². The molecule has 1 aliphatic rings. The second-order valence-electron chi connectivity index (χ2n) is 7.59.